The smallest absolute Gasteiger partial charge is 0.326 e. The molecule has 0 saturated heterocycles. The summed E-state index contributed by atoms with van der Waals surface area (Å²) in [5.74, 6) is -0.844. The summed E-state index contributed by atoms with van der Waals surface area (Å²) in [6.45, 7) is 4.76. The molecule has 8 heteroatoms. The number of nitrogens with one attached hydrogen (secondary N) is 1. The van der Waals surface area contributed by atoms with Crippen molar-refractivity contribution < 1.29 is 23.9 Å². The summed E-state index contributed by atoms with van der Waals surface area (Å²) in [5, 5.41) is 11.8. The van der Waals surface area contributed by atoms with E-state index in [1.165, 1.54) is 18.7 Å². The van der Waals surface area contributed by atoms with Gasteiger partial charge in [0.05, 0.1) is 12.1 Å². The number of amides is 2. The molecule has 1 atom stereocenters. The number of carboxylic acid groups (broad SMARTS) is 1. The third-order valence-electron chi connectivity index (χ3n) is 4.10. The van der Waals surface area contributed by atoms with Crippen molar-refractivity contribution in [2.24, 2.45) is 0 Å². The molecule has 144 valence electrons. The van der Waals surface area contributed by atoms with Gasteiger partial charge in [0, 0.05) is 25.6 Å². The molecular weight excluding hydrogens is 350 g/mol. The van der Waals surface area contributed by atoms with E-state index in [1.807, 2.05) is 30.3 Å². The third kappa shape index (κ3) is 5.40. The number of aliphatic carboxylic acids is 1. The minimum absolute atomic E-state index is 0.0835. The molecule has 2 amide bonds. The Labute approximate surface area is 157 Å². The van der Waals surface area contributed by atoms with E-state index in [0.29, 0.717) is 17.3 Å². The van der Waals surface area contributed by atoms with Gasteiger partial charge in [-0.05, 0) is 26.0 Å². The van der Waals surface area contributed by atoms with E-state index in [0.717, 1.165) is 5.56 Å². The number of carboxylic acids is 1. The Morgan fingerprint density at radius 3 is 2.52 bits per heavy atom. The first kappa shape index (κ1) is 20.2. The second-order valence-electron chi connectivity index (χ2n) is 6.15. The molecule has 0 saturated carbocycles. The number of oxazole rings is 1. The van der Waals surface area contributed by atoms with Gasteiger partial charge in [0.15, 0.2) is 0 Å². The summed E-state index contributed by atoms with van der Waals surface area (Å²) in [4.78, 5) is 40.7. The van der Waals surface area contributed by atoms with Crippen LogP contribution in [0.4, 0.5) is 0 Å². The van der Waals surface area contributed by atoms with Crippen LogP contribution in [0, 0.1) is 6.92 Å². The molecule has 0 fully saturated rings. The molecule has 27 heavy (non-hydrogen) atoms. The van der Waals surface area contributed by atoms with Gasteiger partial charge in [-0.2, -0.15) is 0 Å². The summed E-state index contributed by atoms with van der Waals surface area (Å²) < 4.78 is 5.65. The van der Waals surface area contributed by atoms with Crippen LogP contribution in [-0.2, 0) is 20.8 Å². The monoisotopic (exact) mass is 373 g/mol. The number of carbonyl (C=O) groups is 3. The van der Waals surface area contributed by atoms with E-state index in [4.69, 9.17) is 4.42 Å². The zero-order chi connectivity index (χ0) is 20.0. The number of aromatic nitrogens is 1. The lowest BCUT2D eigenvalue weighted by atomic mass is 10.2. The second kappa shape index (κ2) is 8.98. The van der Waals surface area contributed by atoms with E-state index >= 15 is 0 Å². The Kier molecular flexibility index (Phi) is 6.70. The van der Waals surface area contributed by atoms with Crippen LogP contribution in [0.2, 0.25) is 0 Å². The molecule has 1 aromatic carbocycles. The standard InChI is InChI=1S/C19H23N3O5/c1-12(19(25)26)22(10-9-20-14(3)23)17(24)11-16-13(2)27-18(21-16)15-7-5-4-6-8-15/h4-8,12H,9-11H2,1-3H3,(H,20,23)(H,25,26). The lowest BCUT2D eigenvalue weighted by Gasteiger charge is -2.26. The maximum atomic E-state index is 12.7. The Hall–Kier alpha value is -3.16. The number of benzene rings is 1. The van der Waals surface area contributed by atoms with Crippen LogP contribution in [0.3, 0.4) is 0 Å². The van der Waals surface area contributed by atoms with Crippen molar-refractivity contribution in [1.29, 1.82) is 0 Å². The number of nitrogens with zero attached hydrogens (tertiary/aromatic N) is 2. The zero-order valence-corrected chi connectivity index (χ0v) is 15.6. The average Bonchev–Trinajstić information content (AvgIpc) is 2.99. The molecule has 0 aliphatic rings. The maximum absolute atomic E-state index is 12.7. The first-order chi connectivity index (χ1) is 12.8. The Morgan fingerprint density at radius 2 is 1.93 bits per heavy atom. The van der Waals surface area contributed by atoms with Crippen LogP contribution in [0.5, 0.6) is 0 Å². The molecule has 0 spiro atoms. The van der Waals surface area contributed by atoms with Gasteiger partial charge < -0.3 is 19.7 Å². The van der Waals surface area contributed by atoms with E-state index in [9.17, 15) is 19.5 Å². The summed E-state index contributed by atoms with van der Waals surface area (Å²) in [6, 6.07) is 8.28. The van der Waals surface area contributed by atoms with Crippen molar-refractivity contribution in [3.8, 4) is 11.5 Å². The zero-order valence-electron chi connectivity index (χ0n) is 15.6. The highest BCUT2D eigenvalue weighted by molar-refractivity contribution is 5.84. The molecule has 1 heterocycles. The van der Waals surface area contributed by atoms with E-state index < -0.39 is 17.9 Å². The van der Waals surface area contributed by atoms with Gasteiger partial charge in [0.1, 0.15) is 11.8 Å². The van der Waals surface area contributed by atoms with Crippen molar-refractivity contribution in [3.05, 3.63) is 41.8 Å². The number of hydrogen-bond donors (Lipinski definition) is 2. The van der Waals surface area contributed by atoms with Gasteiger partial charge in [0.2, 0.25) is 17.7 Å². The fourth-order valence-corrected chi connectivity index (χ4v) is 2.56. The van der Waals surface area contributed by atoms with Crippen LogP contribution in [0.25, 0.3) is 11.5 Å². The minimum Gasteiger partial charge on any atom is -0.480 e. The van der Waals surface area contributed by atoms with Crippen LogP contribution in [-0.4, -0.2) is 51.9 Å². The highest BCUT2D eigenvalue weighted by Crippen LogP contribution is 2.22. The number of carbonyl (C=O) groups excluding carboxylic acids is 2. The van der Waals surface area contributed by atoms with E-state index in [2.05, 4.69) is 10.3 Å². The Balaban J connectivity index is 2.15. The lowest BCUT2D eigenvalue weighted by molar-refractivity contribution is -0.149. The molecular formula is C19H23N3O5. The van der Waals surface area contributed by atoms with Crippen molar-refractivity contribution in [2.75, 3.05) is 13.1 Å². The summed E-state index contributed by atoms with van der Waals surface area (Å²) in [5.41, 5.74) is 1.25. The first-order valence-electron chi connectivity index (χ1n) is 8.58. The molecule has 0 aliphatic carbocycles. The largest absolute Gasteiger partial charge is 0.480 e. The molecule has 1 aromatic heterocycles. The van der Waals surface area contributed by atoms with Crippen molar-refractivity contribution in [1.82, 2.24) is 15.2 Å². The van der Waals surface area contributed by atoms with Crippen molar-refractivity contribution in [2.45, 2.75) is 33.2 Å². The van der Waals surface area contributed by atoms with E-state index in [-0.39, 0.29) is 25.4 Å². The fraction of sp³-hybridized carbons (Fsp3) is 0.368. The molecule has 0 bridgehead atoms. The predicted octanol–water partition coefficient (Wildman–Crippen LogP) is 1.63. The van der Waals surface area contributed by atoms with E-state index in [1.54, 1.807) is 6.92 Å². The Bertz CT molecular complexity index is 816. The van der Waals surface area contributed by atoms with Gasteiger partial charge in [-0.3, -0.25) is 9.59 Å². The Morgan fingerprint density at radius 1 is 1.26 bits per heavy atom. The minimum atomic E-state index is -1.12. The highest BCUT2D eigenvalue weighted by atomic mass is 16.4. The molecule has 8 nitrogen and oxygen atoms in total. The predicted molar refractivity (Wildman–Crippen MR) is 97.9 cm³/mol. The highest BCUT2D eigenvalue weighted by Gasteiger charge is 2.27. The van der Waals surface area contributed by atoms with Crippen LogP contribution in [0.1, 0.15) is 25.3 Å². The molecule has 2 N–H and O–H groups in total. The average molecular weight is 373 g/mol. The van der Waals surface area contributed by atoms with Gasteiger partial charge in [-0.1, -0.05) is 18.2 Å². The maximum Gasteiger partial charge on any atom is 0.326 e. The second-order valence-corrected chi connectivity index (χ2v) is 6.15. The summed E-state index contributed by atoms with van der Waals surface area (Å²) in [6.07, 6.45) is -0.0835. The van der Waals surface area contributed by atoms with Gasteiger partial charge >= 0.3 is 5.97 Å². The van der Waals surface area contributed by atoms with Crippen LogP contribution < -0.4 is 5.32 Å². The third-order valence-corrected chi connectivity index (χ3v) is 4.10. The number of hydrogen-bond acceptors (Lipinski definition) is 5. The lowest BCUT2D eigenvalue weighted by Crippen LogP contribution is -2.47. The number of aryl methyl sites for hydroxylation is 1. The van der Waals surface area contributed by atoms with Gasteiger partial charge in [-0.25, -0.2) is 9.78 Å². The SMILES string of the molecule is CC(=O)NCCN(C(=O)Cc1nc(-c2ccccc2)oc1C)C(C)C(=O)O. The molecule has 1 unspecified atom stereocenters. The summed E-state index contributed by atoms with van der Waals surface area (Å²) >= 11 is 0. The number of rotatable bonds is 8. The normalized spacial score (nSPS) is 11.7. The van der Waals surface area contributed by atoms with Gasteiger partial charge in [-0.15, -0.1) is 0 Å². The summed E-state index contributed by atoms with van der Waals surface area (Å²) in [7, 11) is 0. The van der Waals surface area contributed by atoms with Crippen LogP contribution in [0.15, 0.2) is 34.7 Å². The molecule has 2 aromatic rings. The van der Waals surface area contributed by atoms with Gasteiger partial charge in [0.25, 0.3) is 0 Å². The topological polar surface area (TPSA) is 113 Å². The van der Waals surface area contributed by atoms with Crippen LogP contribution >= 0.6 is 0 Å². The van der Waals surface area contributed by atoms with Crippen molar-refractivity contribution >= 4 is 17.8 Å². The molecule has 0 aliphatic heterocycles. The fourth-order valence-electron chi connectivity index (χ4n) is 2.56. The quantitative estimate of drug-likeness (QED) is 0.727. The van der Waals surface area contributed by atoms with Crippen molar-refractivity contribution in [3.63, 3.8) is 0 Å². The molecule has 0 radical (unpaired) electrons. The molecule has 2 rings (SSSR count). The first-order valence-corrected chi connectivity index (χ1v) is 8.58.